The summed E-state index contributed by atoms with van der Waals surface area (Å²) in [7, 11) is 0. The SMILES string of the molecule is CC(CCN1CCN(c2ncccc2C(=O)O)CC1)N1c2ccccc2CCc2ccccc21.Cl.Cl. The molecule has 0 amide bonds. The lowest BCUT2D eigenvalue weighted by Crippen LogP contribution is -2.48. The molecule has 0 bridgehead atoms. The Balaban J connectivity index is 0.00000180. The predicted molar refractivity (Wildman–Crippen MR) is 151 cm³/mol. The van der Waals surface area contributed by atoms with Gasteiger partial charge in [0.2, 0.25) is 0 Å². The molecule has 0 aliphatic carbocycles. The number of carboxylic acids is 1. The van der Waals surface area contributed by atoms with Crippen LogP contribution in [-0.2, 0) is 12.8 Å². The molecule has 0 radical (unpaired) electrons. The molecule has 0 saturated carbocycles. The first kappa shape index (κ1) is 27.8. The summed E-state index contributed by atoms with van der Waals surface area (Å²) >= 11 is 0. The second-order valence-corrected chi connectivity index (χ2v) is 9.27. The summed E-state index contributed by atoms with van der Waals surface area (Å²) in [5, 5.41) is 9.50. The van der Waals surface area contributed by atoms with E-state index >= 15 is 0 Å². The van der Waals surface area contributed by atoms with Gasteiger partial charge in [0.05, 0.1) is 0 Å². The van der Waals surface area contributed by atoms with Gasteiger partial charge in [0.25, 0.3) is 0 Å². The van der Waals surface area contributed by atoms with Crippen molar-refractivity contribution in [1.29, 1.82) is 0 Å². The number of para-hydroxylation sites is 2. The van der Waals surface area contributed by atoms with E-state index in [2.05, 4.69) is 75.1 Å². The molecule has 1 unspecified atom stereocenters. The predicted octanol–water partition coefficient (Wildman–Crippen LogP) is 5.46. The van der Waals surface area contributed by atoms with Gasteiger partial charge in [-0.15, -0.1) is 24.8 Å². The van der Waals surface area contributed by atoms with E-state index in [4.69, 9.17) is 0 Å². The van der Waals surface area contributed by atoms with E-state index in [9.17, 15) is 9.90 Å². The van der Waals surface area contributed by atoms with E-state index in [1.165, 1.54) is 22.5 Å². The van der Waals surface area contributed by atoms with Crippen molar-refractivity contribution >= 4 is 48.0 Å². The normalized spacial score (nSPS) is 16.0. The number of hydrogen-bond acceptors (Lipinski definition) is 5. The minimum atomic E-state index is -0.919. The maximum Gasteiger partial charge on any atom is 0.339 e. The number of aromatic carboxylic acids is 1. The first-order valence-electron chi connectivity index (χ1n) is 12.2. The summed E-state index contributed by atoms with van der Waals surface area (Å²) in [6, 6.07) is 21.3. The molecular formula is C28H34Cl2N4O2. The van der Waals surface area contributed by atoms with Gasteiger partial charge in [0.15, 0.2) is 0 Å². The van der Waals surface area contributed by atoms with E-state index in [-0.39, 0.29) is 30.4 Å². The number of piperazine rings is 1. The van der Waals surface area contributed by atoms with Gasteiger partial charge < -0.3 is 14.9 Å². The maximum atomic E-state index is 11.6. The molecule has 1 saturated heterocycles. The van der Waals surface area contributed by atoms with Crippen molar-refractivity contribution in [2.24, 2.45) is 0 Å². The first-order valence-corrected chi connectivity index (χ1v) is 12.2. The molecule has 36 heavy (non-hydrogen) atoms. The standard InChI is InChI=1S/C28H32N4O2.2ClH/c1-21(32-25-10-4-2-7-22(25)12-13-23-8-3-5-11-26(23)32)14-16-30-17-19-31(20-18-30)27-24(28(33)34)9-6-15-29-27;;/h2-11,15,21H,12-14,16-20H2,1H3,(H,33,34);2*1H. The maximum absolute atomic E-state index is 11.6. The van der Waals surface area contributed by atoms with Crippen molar-refractivity contribution in [1.82, 2.24) is 9.88 Å². The third-order valence-electron chi connectivity index (χ3n) is 7.16. The van der Waals surface area contributed by atoms with Crippen LogP contribution in [0.5, 0.6) is 0 Å². The lowest BCUT2D eigenvalue weighted by Gasteiger charge is -2.38. The molecule has 5 rings (SSSR count). The summed E-state index contributed by atoms with van der Waals surface area (Å²) in [5.41, 5.74) is 5.79. The van der Waals surface area contributed by atoms with Crippen LogP contribution < -0.4 is 9.80 Å². The zero-order valence-corrected chi connectivity index (χ0v) is 22.2. The Bertz CT molecular complexity index is 1120. The summed E-state index contributed by atoms with van der Waals surface area (Å²) in [5.74, 6) is -0.335. The second-order valence-electron chi connectivity index (χ2n) is 9.27. The number of halogens is 2. The van der Waals surface area contributed by atoms with Gasteiger partial charge in [0, 0.05) is 56.3 Å². The molecule has 6 nitrogen and oxygen atoms in total. The molecule has 8 heteroatoms. The Morgan fingerprint density at radius 1 is 0.889 bits per heavy atom. The van der Waals surface area contributed by atoms with Crippen LogP contribution in [0.3, 0.4) is 0 Å². The Morgan fingerprint density at radius 2 is 1.47 bits per heavy atom. The average Bonchev–Trinajstić information content (AvgIpc) is 3.04. The van der Waals surface area contributed by atoms with Crippen molar-refractivity contribution < 1.29 is 9.90 Å². The fourth-order valence-corrected chi connectivity index (χ4v) is 5.29. The van der Waals surface area contributed by atoms with Crippen LogP contribution in [-0.4, -0.2) is 59.7 Å². The lowest BCUT2D eigenvalue weighted by atomic mass is 10.0. The van der Waals surface area contributed by atoms with Gasteiger partial charge in [0.1, 0.15) is 11.4 Å². The number of carboxylic acid groups (broad SMARTS) is 1. The Hall–Kier alpha value is -2.80. The van der Waals surface area contributed by atoms with Crippen LogP contribution in [0, 0.1) is 0 Å². The molecule has 1 aromatic heterocycles. The van der Waals surface area contributed by atoms with Gasteiger partial charge in [-0.05, 0) is 61.6 Å². The Kier molecular flexibility index (Phi) is 9.60. The first-order chi connectivity index (χ1) is 16.6. The summed E-state index contributed by atoms with van der Waals surface area (Å²) < 4.78 is 0. The molecule has 3 heterocycles. The van der Waals surface area contributed by atoms with Crippen molar-refractivity contribution in [3.63, 3.8) is 0 Å². The van der Waals surface area contributed by atoms with Gasteiger partial charge in [-0.2, -0.15) is 0 Å². The van der Waals surface area contributed by atoms with Crippen LogP contribution in [0.1, 0.15) is 34.8 Å². The molecule has 2 aromatic carbocycles. The number of fused-ring (bicyclic) bond motifs is 2. The van der Waals surface area contributed by atoms with Gasteiger partial charge >= 0.3 is 5.97 Å². The van der Waals surface area contributed by atoms with E-state index < -0.39 is 5.97 Å². The highest BCUT2D eigenvalue weighted by molar-refractivity contribution is 5.93. The molecule has 1 atom stereocenters. The van der Waals surface area contributed by atoms with Crippen LogP contribution in [0.25, 0.3) is 0 Å². The number of pyridine rings is 1. The third kappa shape index (κ3) is 5.77. The molecule has 2 aliphatic heterocycles. The van der Waals surface area contributed by atoms with E-state index in [0.717, 1.165) is 52.0 Å². The smallest absolute Gasteiger partial charge is 0.339 e. The zero-order valence-electron chi connectivity index (χ0n) is 20.5. The number of aromatic nitrogens is 1. The van der Waals surface area contributed by atoms with Crippen LogP contribution in [0.15, 0.2) is 66.9 Å². The Morgan fingerprint density at radius 3 is 2.06 bits per heavy atom. The largest absolute Gasteiger partial charge is 0.478 e. The van der Waals surface area contributed by atoms with Crippen molar-refractivity contribution in [3.05, 3.63) is 83.6 Å². The van der Waals surface area contributed by atoms with Crippen LogP contribution in [0.2, 0.25) is 0 Å². The number of aryl methyl sites for hydroxylation is 2. The van der Waals surface area contributed by atoms with Gasteiger partial charge in [-0.3, -0.25) is 4.90 Å². The van der Waals surface area contributed by atoms with Crippen molar-refractivity contribution in [2.75, 3.05) is 42.5 Å². The number of benzene rings is 2. The van der Waals surface area contributed by atoms with Crippen LogP contribution >= 0.6 is 24.8 Å². The van der Waals surface area contributed by atoms with Crippen LogP contribution in [0.4, 0.5) is 17.2 Å². The van der Waals surface area contributed by atoms with Gasteiger partial charge in [-0.1, -0.05) is 36.4 Å². The molecule has 0 spiro atoms. The summed E-state index contributed by atoms with van der Waals surface area (Å²) in [6.07, 6.45) is 4.88. The minimum absolute atomic E-state index is 0. The highest BCUT2D eigenvalue weighted by Gasteiger charge is 2.26. The fourth-order valence-electron chi connectivity index (χ4n) is 5.29. The fraction of sp³-hybridized carbons (Fsp3) is 0.357. The number of carbonyl (C=O) groups is 1. The number of anilines is 3. The summed E-state index contributed by atoms with van der Waals surface area (Å²) in [4.78, 5) is 23.1. The number of hydrogen-bond donors (Lipinski definition) is 1. The molecule has 192 valence electrons. The third-order valence-corrected chi connectivity index (χ3v) is 7.16. The monoisotopic (exact) mass is 528 g/mol. The zero-order chi connectivity index (χ0) is 23.5. The highest BCUT2D eigenvalue weighted by atomic mass is 35.5. The Labute approximate surface area is 225 Å². The van der Waals surface area contributed by atoms with Crippen molar-refractivity contribution in [3.8, 4) is 0 Å². The van der Waals surface area contributed by atoms with Gasteiger partial charge in [-0.25, -0.2) is 9.78 Å². The molecule has 3 aromatic rings. The van der Waals surface area contributed by atoms with E-state index in [1.54, 1.807) is 18.3 Å². The molecular weight excluding hydrogens is 495 g/mol. The minimum Gasteiger partial charge on any atom is -0.478 e. The van der Waals surface area contributed by atoms with E-state index in [0.29, 0.717) is 11.9 Å². The van der Waals surface area contributed by atoms with E-state index in [1.807, 2.05) is 0 Å². The molecule has 1 fully saturated rings. The molecule has 2 aliphatic rings. The second kappa shape index (κ2) is 12.4. The lowest BCUT2D eigenvalue weighted by molar-refractivity contribution is 0.0697. The average molecular weight is 530 g/mol. The molecule has 1 N–H and O–H groups in total. The number of rotatable bonds is 6. The highest BCUT2D eigenvalue weighted by Crippen LogP contribution is 2.38. The summed E-state index contributed by atoms with van der Waals surface area (Å²) in [6.45, 7) is 6.76. The number of nitrogens with zero attached hydrogens (tertiary/aromatic N) is 4. The topological polar surface area (TPSA) is 59.9 Å². The van der Waals surface area contributed by atoms with Crippen molar-refractivity contribution in [2.45, 2.75) is 32.2 Å². The quantitative estimate of drug-likeness (QED) is 0.458.